The summed E-state index contributed by atoms with van der Waals surface area (Å²) in [5.74, 6) is 1.22. The Hall–Kier alpha value is -3.39. The second-order valence-electron chi connectivity index (χ2n) is 8.96. The van der Waals surface area contributed by atoms with E-state index in [4.69, 9.17) is 39.8 Å². The first-order valence-electron chi connectivity index (χ1n) is 12.4. The number of aromatic nitrogens is 1. The number of aryl methyl sites for hydroxylation is 1. The van der Waals surface area contributed by atoms with Gasteiger partial charge >= 0.3 is 0 Å². The molecule has 1 aliphatic heterocycles. The number of halogens is 2. The van der Waals surface area contributed by atoms with Gasteiger partial charge < -0.3 is 20.0 Å². The number of hydrogen-bond acceptors (Lipinski definition) is 4. The number of para-hydroxylation sites is 1. The molecule has 1 saturated heterocycles. The summed E-state index contributed by atoms with van der Waals surface area (Å²) in [7, 11) is 0. The van der Waals surface area contributed by atoms with Crippen molar-refractivity contribution in [1.29, 1.82) is 0 Å². The number of anilines is 1. The Labute approximate surface area is 237 Å². The number of hydrogen-bond donors (Lipinski definition) is 2. The molecule has 4 aromatic rings. The maximum atomic E-state index is 12.9. The lowest BCUT2D eigenvalue weighted by molar-refractivity contribution is -0.116. The van der Waals surface area contributed by atoms with Crippen LogP contribution < -0.4 is 10.6 Å². The fraction of sp³-hybridized carbons (Fsp3) is 0.207. The molecule has 2 aromatic heterocycles. The van der Waals surface area contributed by atoms with Crippen LogP contribution in [0.25, 0.3) is 11.3 Å². The summed E-state index contributed by atoms with van der Waals surface area (Å²) in [6, 6.07) is 22.1. The monoisotopic (exact) mass is 564 g/mol. The molecule has 1 amide bonds. The summed E-state index contributed by atoms with van der Waals surface area (Å²) >= 11 is 18.2. The molecule has 5 rings (SSSR count). The zero-order valence-corrected chi connectivity index (χ0v) is 23.0. The summed E-state index contributed by atoms with van der Waals surface area (Å²) in [6.07, 6.45) is 2.84. The maximum Gasteiger partial charge on any atom is 0.226 e. The van der Waals surface area contributed by atoms with Gasteiger partial charge in [0.25, 0.3) is 0 Å². The number of thiocarbonyl (C=S) groups is 1. The van der Waals surface area contributed by atoms with Crippen molar-refractivity contribution < 1.29 is 9.21 Å². The molecule has 6 nitrogen and oxygen atoms in total. The highest BCUT2D eigenvalue weighted by Crippen LogP contribution is 2.41. The fourth-order valence-corrected chi connectivity index (χ4v) is 5.52. The zero-order valence-electron chi connectivity index (χ0n) is 20.7. The van der Waals surface area contributed by atoms with Gasteiger partial charge in [-0.05, 0) is 72.7 Å². The minimum Gasteiger partial charge on any atom is -0.459 e. The number of carbonyl (C=O) groups excluding carboxylic acids is 1. The Morgan fingerprint density at radius 2 is 1.92 bits per heavy atom. The predicted octanol–water partition coefficient (Wildman–Crippen LogP) is 7.21. The standard InChI is InChI=1S/C29H26Cl2N4O2S/c1-2-18-7-3-4-8-22(18)33-26(36)14-16-35-28(27(34-29(35)38)23-9-5-6-15-32-23)25-13-12-24(37-25)20-11-10-19(30)17-21(20)31/h3-13,15,17,27-28H,2,14,16H2,1H3,(H,33,36)(H,34,38)/t27-,28+/m0/s1. The third-order valence-corrected chi connectivity index (χ3v) is 7.46. The van der Waals surface area contributed by atoms with Crippen molar-refractivity contribution >= 4 is 52.1 Å². The number of carbonyl (C=O) groups is 1. The largest absolute Gasteiger partial charge is 0.459 e. The van der Waals surface area contributed by atoms with Crippen LogP contribution in [0.4, 0.5) is 5.69 Å². The average Bonchev–Trinajstić information content (AvgIpc) is 3.52. The second kappa shape index (κ2) is 11.6. The molecule has 0 bridgehead atoms. The third kappa shape index (κ3) is 5.55. The lowest BCUT2D eigenvalue weighted by atomic mass is 10.0. The number of furan rings is 1. The normalized spacial score (nSPS) is 16.9. The first kappa shape index (κ1) is 26.2. The van der Waals surface area contributed by atoms with Crippen molar-refractivity contribution in [2.45, 2.75) is 31.8 Å². The summed E-state index contributed by atoms with van der Waals surface area (Å²) in [6.45, 7) is 2.47. The Morgan fingerprint density at radius 3 is 2.68 bits per heavy atom. The first-order chi connectivity index (χ1) is 18.4. The SMILES string of the molecule is CCc1ccccc1NC(=O)CCN1C(=S)N[C@@H](c2ccccn2)[C@H]1c1ccc(-c2ccc(Cl)cc2Cl)o1. The van der Waals surface area contributed by atoms with E-state index in [1.807, 2.05) is 65.6 Å². The number of nitrogens with zero attached hydrogens (tertiary/aromatic N) is 2. The van der Waals surface area contributed by atoms with Gasteiger partial charge in [0.2, 0.25) is 5.91 Å². The molecule has 0 radical (unpaired) electrons. The van der Waals surface area contributed by atoms with E-state index in [1.165, 1.54) is 0 Å². The third-order valence-electron chi connectivity index (χ3n) is 6.56. The van der Waals surface area contributed by atoms with Gasteiger partial charge in [-0.2, -0.15) is 0 Å². The second-order valence-corrected chi connectivity index (χ2v) is 10.2. The molecule has 2 aromatic carbocycles. The molecule has 2 atom stereocenters. The van der Waals surface area contributed by atoms with Crippen molar-refractivity contribution in [3.63, 3.8) is 0 Å². The quantitative estimate of drug-likeness (QED) is 0.220. The van der Waals surface area contributed by atoms with Gasteiger partial charge in [-0.25, -0.2) is 0 Å². The van der Waals surface area contributed by atoms with E-state index in [2.05, 4.69) is 22.5 Å². The average molecular weight is 566 g/mol. The van der Waals surface area contributed by atoms with E-state index >= 15 is 0 Å². The topological polar surface area (TPSA) is 70.4 Å². The molecule has 9 heteroatoms. The van der Waals surface area contributed by atoms with Gasteiger partial charge in [-0.3, -0.25) is 9.78 Å². The molecule has 1 fully saturated rings. The molecule has 194 valence electrons. The smallest absolute Gasteiger partial charge is 0.226 e. The molecular weight excluding hydrogens is 539 g/mol. The highest BCUT2D eigenvalue weighted by Gasteiger charge is 2.41. The number of pyridine rings is 1. The highest BCUT2D eigenvalue weighted by molar-refractivity contribution is 7.80. The molecule has 1 aliphatic rings. The summed E-state index contributed by atoms with van der Waals surface area (Å²) in [5, 5.41) is 8.02. The minimum atomic E-state index is -0.312. The molecule has 3 heterocycles. The maximum absolute atomic E-state index is 12.9. The Kier molecular flexibility index (Phi) is 7.98. The Bertz CT molecular complexity index is 1460. The van der Waals surface area contributed by atoms with E-state index < -0.39 is 0 Å². The van der Waals surface area contributed by atoms with Crippen LogP contribution in [0.2, 0.25) is 10.0 Å². The zero-order chi connectivity index (χ0) is 26.6. The van der Waals surface area contributed by atoms with Gasteiger partial charge in [0.05, 0.1) is 16.8 Å². The van der Waals surface area contributed by atoms with Crippen LogP contribution in [-0.4, -0.2) is 27.4 Å². The number of rotatable bonds is 8. The number of nitrogens with one attached hydrogen (secondary N) is 2. The van der Waals surface area contributed by atoms with Gasteiger partial charge in [0.15, 0.2) is 5.11 Å². The van der Waals surface area contributed by atoms with Crippen LogP contribution in [0.1, 0.15) is 42.4 Å². The van der Waals surface area contributed by atoms with E-state index in [0.29, 0.717) is 33.2 Å². The van der Waals surface area contributed by atoms with Crippen molar-refractivity contribution in [1.82, 2.24) is 15.2 Å². The lowest BCUT2D eigenvalue weighted by Gasteiger charge is -2.26. The molecular formula is C29H26Cl2N4O2S. The molecule has 0 spiro atoms. The molecule has 0 aliphatic carbocycles. The van der Waals surface area contributed by atoms with Crippen LogP contribution in [0, 0.1) is 0 Å². The van der Waals surface area contributed by atoms with Gasteiger partial charge in [-0.1, -0.05) is 54.4 Å². The molecule has 38 heavy (non-hydrogen) atoms. The lowest BCUT2D eigenvalue weighted by Crippen LogP contribution is -2.32. The minimum absolute atomic E-state index is 0.0817. The molecule has 0 saturated carbocycles. The highest BCUT2D eigenvalue weighted by atomic mass is 35.5. The van der Waals surface area contributed by atoms with Crippen molar-refractivity contribution in [3.8, 4) is 11.3 Å². The van der Waals surface area contributed by atoms with Crippen LogP contribution >= 0.6 is 35.4 Å². The Morgan fingerprint density at radius 1 is 1.11 bits per heavy atom. The van der Waals surface area contributed by atoms with E-state index in [0.717, 1.165) is 28.9 Å². The van der Waals surface area contributed by atoms with E-state index in [1.54, 1.807) is 18.3 Å². The van der Waals surface area contributed by atoms with E-state index in [9.17, 15) is 4.79 Å². The fourth-order valence-electron chi connectivity index (χ4n) is 4.69. The van der Waals surface area contributed by atoms with Crippen LogP contribution in [0.15, 0.2) is 83.4 Å². The van der Waals surface area contributed by atoms with Gasteiger partial charge in [0, 0.05) is 35.4 Å². The summed E-state index contributed by atoms with van der Waals surface area (Å²) in [5.41, 5.74) is 3.49. The number of amides is 1. The van der Waals surface area contributed by atoms with Gasteiger partial charge in [0.1, 0.15) is 17.6 Å². The van der Waals surface area contributed by atoms with Gasteiger partial charge in [-0.15, -0.1) is 0 Å². The van der Waals surface area contributed by atoms with Crippen molar-refractivity contribution in [3.05, 3.63) is 106 Å². The summed E-state index contributed by atoms with van der Waals surface area (Å²) in [4.78, 5) is 19.5. The van der Waals surface area contributed by atoms with Crippen LogP contribution in [-0.2, 0) is 11.2 Å². The predicted molar refractivity (Wildman–Crippen MR) is 155 cm³/mol. The van der Waals surface area contributed by atoms with Crippen molar-refractivity contribution in [2.75, 3.05) is 11.9 Å². The first-order valence-corrected chi connectivity index (χ1v) is 13.5. The summed E-state index contributed by atoms with van der Waals surface area (Å²) < 4.78 is 6.34. The van der Waals surface area contributed by atoms with E-state index in [-0.39, 0.29) is 24.4 Å². The molecule has 0 unspecified atom stereocenters. The van der Waals surface area contributed by atoms with Crippen LogP contribution in [0.3, 0.4) is 0 Å². The Balaban J connectivity index is 1.41. The number of benzene rings is 2. The van der Waals surface area contributed by atoms with Crippen LogP contribution in [0.5, 0.6) is 0 Å². The van der Waals surface area contributed by atoms with Crippen molar-refractivity contribution in [2.24, 2.45) is 0 Å². The molecule has 2 N–H and O–H groups in total.